The van der Waals surface area contributed by atoms with E-state index in [1.807, 2.05) is 0 Å². The summed E-state index contributed by atoms with van der Waals surface area (Å²) in [5.41, 5.74) is 0.974. The van der Waals surface area contributed by atoms with Gasteiger partial charge in [0.05, 0.1) is 21.5 Å². The van der Waals surface area contributed by atoms with Gasteiger partial charge in [-0.1, -0.05) is 35.3 Å². The zero-order valence-electron chi connectivity index (χ0n) is 12.1. The van der Waals surface area contributed by atoms with Gasteiger partial charge < -0.3 is 10.1 Å². The highest BCUT2D eigenvalue weighted by Gasteiger charge is 2.08. The second kappa shape index (κ2) is 6.47. The average molecular weight is 361 g/mol. The lowest BCUT2D eigenvalue weighted by molar-refractivity contribution is 0.0697. The van der Waals surface area contributed by atoms with Crippen LogP contribution >= 0.6 is 23.2 Å². The molecule has 120 valence electrons. The van der Waals surface area contributed by atoms with Gasteiger partial charge in [0.1, 0.15) is 0 Å². The number of hydrogen-bond acceptors (Lipinski definition) is 3. The summed E-state index contributed by atoms with van der Waals surface area (Å²) in [6.45, 7) is 0. The first-order chi connectivity index (χ1) is 11.4. The van der Waals surface area contributed by atoms with E-state index in [9.17, 15) is 9.59 Å². The van der Waals surface area contributed by atoms with Crippen LogP contribution < -0.4 is 5.56 Å². The highest BCUT2D eigenvalue weighted by molar-refractivity contribution is 6.50. The maximum atomic E-state index is 12.1. The predicted molar refractivity (Wildman–Crippen MR) is 94.5 cm³/mol. The van der Waals surface area contributed by atoms with E-state index in [-0.39, 0.29) is 22.0 Å². The van der Waals surface area contributed by atoms with Crippen molar-refractivity contribution >= 4 is 51.2 Å². The van der Waals surface area contributed by atoms with Gasteiger partial charge >= 0.3 is 5.97 Å². The molecule has 0 unspecified atom stereocenters. The molecule has 5 nitrogen and oxygen atoms in total. The summed E-state index contributed by atoms with van der Waals surface area (Å²) in [5.74, 6) is -0.798. The van der Waals surface area contributed by atoms with Gasteiger partial charge in [0.25, 0.3) is 5.56 Å². The molecule has 2 aromatic carbocycles. The Morgan fingerprint density at radius 2 is 1.88 bits per heavy atom. The third-order valence-corrected chi connectivity index (χ3v) is 3.87. The number of fused-ring (bicyclic) bond motifs is 1. The Balaban J connectivity index is 2.02. The van der Waals surface area contributed by atoms with Crippen LogP contribution in [0.25, 0.3) is 22.0 Å². The van der Waals surface area contributed by atoms with E-state index in [4.69, 9.17) is 28.3 Å². The topological polar surface area (TPSA) is 83.0 Å². The van der Waals surface area contributed by atoms with Crippen molar-refractivity contribution in [2.45, 2.75) is 0 Å². The van der Waals surface area contributed by atoms with Crippen LogP contribution in [0.4, 0.5) is 0 Å². The molecule has 24 heavy (non-hydrogen) atoms. The first-order valence-corrected chi connectivity index (χ1v) is 7.60. The minimum atomic E-state index is -1.01. The number of rotatable bonds is 3. The maximum Gasteiger partial charge on any atom is 0.335 e. The third-order valence-electron chi connectivity index (χ3n) is 3.35. The summed E-state index contributed by atoms with van der Waals surface area (Å²) in [6.07, 6.45) is 1.59. The molecule has 3 rings (SSSR count). The number of carbonyl (C=O) groups is 1. The van der Waals surface area contributed by atoms with E-state index in [1.54, 1.807) is 36.4 Å². The standard InChI is InChI=1S/C17H10Cl2N2O3/c18-11-5-6-12-14(8-11)20-15(21-16(12)22)13(19)7-9-1-3-10(4-2-9)17(23)24/h1-8H,(H,23,24)(H,20,21,22)/b13-7-. The molecule has 0 fully saturated rings. The smallest absolute Gasteiger partial charge is 0.335 e. The molecule has 1 heterocycles. The van der Waals surface area contributed by atoms with Crippen molar-refractivity contribution in [3.8, 4) is 0 Å². The third kappa shape index (κ3) is 3.32. The number of hydrogen-bond donors (Lipinski definition) is 2. The number of H-pyrrole nitrogens is 1. The number of aromatic nitrogens is 2. The van der Waals surface area contributed by atoms with Crippen molar-refractivity contribution in [3.63, 3.8) is 0 Å². The average Bonchev–Trinajstić information content (AvgIpc) is 2.54. The Hall–Kier alpha value is -2.63. The SMILES string of the molecule is O=C(O)c1ccc(/C=C(\Cl)c2nc3cc(Cl)ccc3c(=O)[nH]2)cc1. The van der Waals surface area contributed by atoms with Crippen LogP contribution in [0.15, 0.2) is 47.3 Å². The second-order valence-corrected chi connectivity index (χ2v) is 5.84. The van der Waals surface area contributed by atoms with E-state index in [2.05, 4.69) is 9.97 Å². The Morgan fingerprint density at radius 3 is 2.54 bits per heavy atom. The van der Waals surface area contributed by atoms with E-state index >= 15 is 0 Å². The molecule has 0 radical (unpaired) electrons. The lowest BCUT2D eigenvalue weighted by Gasteiger charge is -2.03. The van der Waals surface area contributed by atoms with Gasteiger partial charge in [0.2, 0.25) is 0 Å². The molecule has 0 atom stereocenters. The van der Waals surface area contributed by atoms with Gasteiger partial charge in [-0.25, -0.2) is 9.78 Å². The van der Waals surface area contributed by atoms with Gasteiger partial charge in [0.15, 0.2) is 5.82 Å². The molecular weight excluding hydrogens is 351 g/mol. The number of nitrogens with one attached hydrogen (secondary N) is 1. The molecule has 0 amide bonds. The molecule has 7 heteroatoms. The summed E-state index contributed by atoms with van der Waals surface area (Å²) in [5, 5.41) is 9.99. The monoisotopic (exact) mass is 360 g/mol. The molecule has 0 aliphatic rings. The number of carboxylic acid groups (broad SMARTS) is 1. The molecule has 1 aromatic heterocycles. The summed E-state index contributed by atoms with van der Waals surface area (Å²) in [6, 6.07) is 11.0. The van der Waals surface area contributed by atoms with Crippen LogP contribution in [0.2, 0.25) is 5.02 Å². The molecule has 0 aliphatic carbocycles. The number of benzene rings is 2. The van der Waals surface area contributed by atoms with Crippen LogP contribution in [0.5, 0.6) is 0 Å². The van der Waals surface area contributed by atoms with E-state index < -0.39 is 5.97 Å². The zero-order valence-corrected chi connectivity index (χ0v) is 13.6. The summed E-state index contributed by atoms with van der Waals surface area (Å²) in [7, 11) is 0. The molecule has 0 spiro atoms. The summed E-state index contributed by atoms with van der Waals surface area (Å²) in [4.78, 5) is 29.9. The number of aromatic carboxylic acids is 1. The quantitative estimate of drug-likeness (QED) is 0.738. The molecule has 0 saturated heterocycles. The van der Waals surface area contributed by atoms with Crippen LogP contribution in [0.1, 0.15) is 21.7 Å². The maximum absolute atomic E-state index is 12.1. The number of carboxylic acids is 1. The van der Waals surface area contributed by atoms with Gasteiger partial charge in [-0.15, -0.1) is 0 Å². The van der Waals surface area contributed by atoms with Gasteiger partial charge in [-0.05, 0) is 42.0 Å². The fraction of sp³-hybridized carbons (Fsp3) is 0. The molecule has 0 aliphatic heterocycles. The Kier molecular flexibility index (Phi) is 4.38. The Labute approximate surface area is 146 Å². The molecule has 0 bridgehead atoms. The van der Waals surface area contributed by atoms with Gasteiger partial charge in [-0.3, -0.25) is 4.79 Å². The number of aromatic amines is 1. The van der Waals surface area contributed by atoms with Crippen molar-refractivity contribution in [2.24, 2.45) is 0 Å². The summed E-state index contributed by atoms with van der Waals surface area (Å²) < 4.78 is 0. The van der Waals surface area contributed by atoms with E-state index in [0.717, 1.165) is 0 Å². The van der Waals surface area contributed by atoms with Crippen LogP contribution in [0, 0.1) is 0 Å². The van der Waals surface area contributed by atoms with Gasteiger partial charge in [0, 0.05) is 5.02 Å². The first-order valence-electron chi connectivity index (χ1n) is 6.84. The molecule has 0 saturated carbocycles. The Morgan fingerprint density at radius 1 is 1.17 bits per heavy atom. The highest BCUT2D eigenvalue weighted by atomic mass is 35.5. The van der Waals surface area contributed by atoms with E-state index in [0.29, 0.717) is 21.5 Å². The lowest BCUT2D eigenvalue weighted by Crippen LogP contribution is -2.10. The summed E-state index contributed by atoms with van der Waals surface area (Å²) >= 11 is 12.2. The fourth-order valence-corrected chi connectivity index (χ4v) is 2.54. The normalized spacial score (nSPS) is 11.7. The van der Waals surface area contributed by atoms with Crippen molar-refractivity contribution in [1.82, 2.24) is 9.97 Å². The van der Waals surface area contributed by atoms with Crippen molar-refractivity contribution in [1.29, 1.82) is 0 Å². The highest BCUT2D eigenvalue weighted by Crippen LogP contribution is 2.21. The van der Waals surface area contributed by atoms with E-state index in [1.165, 1.54) is 12.1 Å². The van der Waals surface area contributed by atoms with Gasteiger partial charge in [-0.2, -0.15) is 0 Å². The zero-order chi connectivity index (χ0) is 17.3. The van der Waals surface area contributed by atoms with Crippen LogP contribution in [0.3, 0.4) is 0 Å². The van der Waals surface area contributed by atoms with Crippen LogP contribution in [-0.4, -0.2) is 21.0 Å². The Bertz CT molecular complexity index is 1020. The fourth-order valence-electron chi connectivity index (χ4n) is 2.16. The first kappa shape index (κ1) is 16.2. The molecule has 2 N–H and O–H groups in total. The van der Waals surface area contributed by atoms with Crippen LogP contribution in [-0.2, 0) is 0 Å². The second-order valence-electron chi connectivity index (χ2n) is 5.00. The van der Waals surface area contributed by atoms with Crippen molar-refractivity contribution < 1.29 is 9.90 Å². The largest absolute Gasteiger partial charge is 0.478 e. The lowest BCUT2D eigenvalue weighted by atomic mass is 10.1. The predicted octanol–water partition coefficient (Wildman–Crippen LogP) is 4.01. The van der Waals surface area contributed by atoms with Crippen molar-refractivity contribution in [3.05, 3.63) is 74.8 Å². The number of halogens is 2. The van der Waals surface area contributed by atoms with Crippen molar-refractivity contribution in [2.75, 3.05) is 0 Å². The number of nitrogens with zero attached hydrogens (tertiary/aromatic N) is 1. The molecule has 3 aromatic rings. The minimum Gasteiger partial charge on any atom is -0.478 e. The minimum absolute atomic E-state index is 0.176. The molecular formula is C17H10Cl2N2O3.